The van der Waals surface area contributed by atoms with E-state index in [9.17, 15) is 9.59 Å². The molecule has 2 N–H and O–H groups in total. The third-order valence-electron chi connectivity index (χ3n) is 6.02. The Morgan fingerprint density at radius 3 is 2.91 bits per heavy atom. The number of methoxy groups -OCH3 is 1. The van der Waals surface area contributed by atoms with E-state index in [1.165, 1.54) is 11.8 Å². The van der Waals surface area contributed by atoms with Gasteiger partial charge in [-0.25, -0.2) is 9.97 Å². The van der Waals surface area contributed by atoms with Crippen LogP contribution in [0.3, 0.4) is 0 Å². The number of aromatic nitrogens is 3. The standard InChI is InChI=1S/C24H26N6O3S2/c1-33-16-2-3-17-19(12-16)27-22(13-25-17)34-11-10-30-8-6-15(7-9-30)26-24(32)18-4-5-20-23(28-18)29-21(31)14-35-20/h2-5,12-13,15H,6-11,14H2,1H3,(H,26,32)(H,28,29,31). The molecule has 0 spiro atoms. The van der Waals surface area contributed by atoms with Gasteiger partial charge in [-0.1, -0.05) is 0 Å². The number of nitrogens with one attached hydrogen (secondary N) is 2. The molecule has 9 nitrogen and oxygen atoms in total. The van der Waals surface area contributed by atoms with Gasteiger partial charge in [0.25, 0.3) is 5.91 Å². The maximum absolute atomic E-state index is 12.7. The number of amides is 2. The van der Waals surface area contributed by atoms with Gasteiger partial charge in [0, 0.05) is 37.5 Å². The lowest BCUT2D eigenvalue weighted by Gasteiger charge is -2.32. The largest absolute Gasteiger partial charge is 0.497 e. The fourth-order valence-electron chi connectivity index (χ4n) is 4.10. The van der Waals surface area contributed by atoms with E-state index in [4.69, 9.17) is 9.72 Å². The Morgan fingerprint density at radius 2 is 2.09 bits per heavy atom. The highest BCUT2D eigenvalue weighted by atomic mass is 32.2. The predicted octanol–water partition coefficient (Wildman–Crippen LogP) is 3.06. The predicted molar refractivity (Wildman–Crippen MR) is 137 cm³/mol. The van der Waals surface area contributed by atoms with E-state index in [1.54, 1.807) is 24.9 Å². The molecule has 0 atom stereocenters. The highest BCUT2D eigenvalue weighted by Gasteiger charge is 2.23. The van der Waals surface area contributed by atoms with Crippen molar-refractivity contribution in [2.24, 2.45) is 0 Å². The fourth-order valence-corrected chi connectivity index (χ4v) is 5.71. The Kier molecular flexibility index (Phi) is 7.35. The van der Waals surface area contributed by atoms with Gasteiger partial charge in [0.05, 0.1) is 35.0 Å². The molecule has 0 aliphatic carbocycles. The molecule has 2 aromatic heterocycles. The van der Waals surface area contributed by atoms with E-state index in [2.05, 4.69) is 25.5 Å². The number of hydrogen-bond acceptors (Lipinski definition) is 9. The first-order valence-corrected chi connectivity index (χ1v) is 13.4. The molecule has 0 bridgehead atoms. The summed E-state index contributed by atoms with van der Waals surface area (Å²) in [7, 11) is 1.65. The van der Waals surface area contributed by atoms with Gasteiger partial charge in [-0.15, -0.1) is 23.5 Å². The number of likely N-dealkylation sites (tertiary alicyclic amines) is 1. The van der Waals surface area contributed by atoms with Crippen molar-refractivity contribution >= 4 is 52.2 Å². The number of carbonyl (C=O) groups is 2. The van der Waals surface area contributed by atoms with Crippen LogP contribution in [0.4, 0.5) is 5.82 Å². The van der Waals surface area contributed by atoms with Crippen LogP contribution in [0.2, 0.25) is 0 Å². The number of carbonyl (C=O) groups excluding carboxylic acids is 2. The molecular formula is C24H26N6O3S2. The van der Waals surface area contributed by atoms with Crippen molar-refractivity contribution in [1.82, 2.24) is 25.2 Å². The maximum Gasteiger partial charge on any atom is 0.270 e. The summed E-state index contributed by atoms with van der Waals surface area (Å²) >= 11 is 3.13. The third kappa shape index (κ3) is 5.85. The first kappa shape index (κ1) is 23.8. The number of benzene rings is 1. The van der Waals surface area contributed by atoms with Crippen molar-refractivity contribution in [2.75, 3.05) is 43.6 Å². The van der Waals surface area contributed by atoms with Crippen LogP contribution in [0.5, 0.6) is 5.75 Å². The molecule has 0 saturated carbocycles. The van der Waals surface area contributed by atoms with Crippen molar-refractivity contribution in [3.8, 4) is 5.75 Å². The molecule has 0 unspecified atom stereocenters. The van der Waals surface area contributed by atoms with Crippen LogP contribution in [0.25, 0.3) is 11.0 Å². The minimum absolute atomic E-state index is 0.0917. The van der Waals surface area contributed by atoms with Crippen molar-refractivity contribution in [3.63, 3.8) is 0 Å². The van der Waals surface area contributed by atoms with Gasteiger partial charge in [0.15, 0.2) is 0 Å². The van der Waals surface area contributed by atoms with Crippen LogP contribution in [-0.2, 0) is 4.79 Å². The number of fused-ring (bicyclic) bond motifs is 2. The normalized spacial score (nSPS) is 16.5. The van der Waals surface area contributed by atoms with E-state index in [-0.39, 0.29) is 17.9 Å². The van der Waals surface area contributed by atoms with Crippen LogP contribution in [0, 0.1) is 0 Å². The van der Waals surface area contributed by atoms with Gasteiger partial charge in [0.2, 0.25) is 5.91 Å². The van der Waals surface area contributed by atoms with E-state index in [0.717, 1.165) is 64.9 Å². The summed E-state index contributed by atoms with van der Waals surface area (Å²) < 4.78 is 5.28. The van der Waals surface area contributed by atoms with Gasteiger partial charge in [0.1, 0.15) is 22.3 Å². The zero-order valence-corrected chi connectivity index (χ0v) is 21.0. The van der Waals surface area contributed by atoms with Crippen LogP contribution >= 0.6 is 23.5 Å². The molecular weight excluding hydrogens is 484 g/mol. The van der Waals surface area contributed by atoms with Gasteiger partial charge in [-0.3, -0.25) is 14.6 Å². The summed E-state index contributed by atoms with van der Waals surface area (Å²) in [4.78, 5) is 41.1. The molecule has 1 saturated heterocycles. The van der Waals surface area contributed by atoms with Crippen LogP contribution in [-0.4, -0.2) is 76.0 Å². The molecule has 182 valence electrons. The average Bonchev–Trinajstić information content (AvgIpc) is 2.88. The lowest BCUT2D eigenvalue weighted by Crippen LogP contribution is -2.45. The molecule has 4 heterocycles. The second-order valence-corrected chi connectivity index (χ2v) is 10.5. The molecule has 35 heavy (non-hydrogen) atoms. The van der Waals surface area contributed by atoms with Crippen molar-refractivity contribution < 1.29 is 14.3 Å². The number of ether oxygens (including phenoxy) is 1. The lowest BCUT2D eigenvalue weighted by molar-refractivity contribution is -0.113. The Balaban J connectivity index is 1.07. The first-order chi connectivity index (χ1) is 17.1. The molecule has 2 aliphatic heterocycles. The first-order valence-electron chi connectivity index (χ1n) is 11.5. The second-order valence-electron chi connectivity index (χ2n) is 8.38. The molecule has 11 heteroatoms. The number of thioether (sulfide) groups is 2. The Bertz CT molecular complexity index is 1250. The number of hydrogen-bond donors (Lipinski definition) is 2. The summed E-state index contributed by atoms with van der Waals surface area (Å²) in [5.41, 5.74) is 2.02. The molecule has 0 radical (unpaired) electrons. The minimum atomic E-state index is -0.196. The number of pyridine rings is 1. The van der Waals surface area contributed by atoms with Gasteiger partial charge in [-0.2, -0.15) is 0 Å². The maximum atomic E-state index is 12.7. The highest BCUT2D eigenvalue weighted by molar-refractivity contribution is 8.00. The molecule has 5 rings (SSSR count). The van der Waals surface area contributed by atoms with E-state index in [0.29, 0.717) is 17.3 Å². The van der Waals surface area contributed by atoms with Gasteiger partial charge >= 0.3 is 0 Å². The minimum Gasteiger partial charge on any atom is -0.497 e. The molecule has 2 amide bonds. The Labute approximate surface area is 211 Å². The summed E-state index contributed by atoms with van der Waals surface area (Å²) in [6.45, 7) is 2.81. The quantitative estimate of drug-likeness (QED) is 0.464. The lowest BCUT2D eigenvalue weighted by atomic mass is 10.0. The van der Waals surface area contributed by atoms with E-state index in [1.807, 2.05) is 30.5 Å². The summed E-state index contributed by atoms with van der Waals surface area (Å²) in [6.07, 6.45) is 3.60. The Morgan fingerprint density at radius 1 is 1.23 bits per heavy atom. The third-order valence-corrected chi connectivity index (χ3v) is 7.94. The SMILES string of the molecule is COc1ccc2ncc(SCCN3CCC(NC(=O)c4ccc5c(n4)NC(=O)CS5)CC3)nc2c1. The van der Waals surface area contributed by atoms with Crippen molar-refractivity contribution in [3.05, 3.63) is 42.2 Å². The number of rotatable bonds is 7. The fraction of sp³-hybridized carbons (Fsp3) is 0.375. The number of piperidine rings is 1. The van der Waals surface area contributed by atoms with E-state index >= 15 is 0 Å². The Hall–Kier alpha value is -2.89. The van der Waals surface area contributed by atoms with Crippen LogP contribution < -0.4 is 15.4 Å². The van der Waals surface area contributed by atoms with Crippen LogP contribution in [0.1, 0.15) is 23.3 Å². The van der Waals surface area contributed by atoms with Gasteiger partial charge in [-0.05, 0) is 37.1 Å². The van der Waals surface area contributed by atoms with Crippen molar-refractivity contribution in [2.45, 2.75) is 28.8 Å². The van der Waals surface area contributed by atoms with Crippen LogP contribution in [0.15, 0.2) is 46.5 Å². The number of anilines is 1. The molecule has 1 fully saturated rings. The zero-order valence-electron chi connectivity index (χ0n) is 19.3. The summed E-state index contributed by atoms with van der Waals surface area (Å²) in [5, 5.41) is 6.74. The molecule has 1 aromatic carbocycles. The topological polar surface area (TPSA) is 109 Å². The summed E-state index contributed by atoms with van der Waals surface area (Å²) in [5.74, 6) is 2.26. The number of nitrogens with zero attached hydrogens (tertiary/aromatic N) is 4. The molecule has 2 aliphatic rings. The molecule has 3 aromatic rings. The zero-order chi connectivity index (χ0) is 24.2. The highest BCUT2D eigenvalue weighted by Crippen LogP contribution is 2.29. The smallest absolute Gasteiger partial charge is 0.270 e. The average molecular weight is 511 g/mol. The second kappa shape index (κ2) is 10.8. The summed E-state index contributed by atoms with van der Waals surface area (Å²) in [6, 6.07) is 9.39. The monoisotopic (exact) mass is 510 g/mol. The van der Waals surface area contributed by atoms with Gasteiger partial charge < -0.3 is 20.3 Å². The van der Waals surface area contributed by atoms with E-state index < -0.39 is 0 Å². The van der Waals surface area contributed by atoms with Crippen molar-refractivity contribution in [1.29, 1.82) is 0 Å².